The van der Waals surface area contributed by atoms with Crippen molar-refractivity contribution in [2.75, 3.05) is 13.2 Å². The second kappa shape index (κ2) is 13.6. The maximum Gasteiger partial charge on any atom is 0.387 e. The zero-order valence-electron chi connectivity index (χ0n) is 16.8. The van der Waals surface area contributed by atoms with E-state index in [0.29, 0.717) is 36.8 Å². The molecule has 30 heavy (non-hydrogen) atoms. The van der Waals surface area contributed by atoms with Gasteiger partial charge >= 0.3 is 6.61 Å². The number of rotatable bonds is 9. The molecule has 2 aromatic rings. The molecular weight excluding hydrogens is 505 g/mol. The molecule has 0 amide bonds. The minimum Gasteiger partial charge on any atom is -0.490 e. The van der Waals surface area contributed by atoms with Crippen LogP contribution < -0.4 is 20.1 Å². The Kier molecular flexibility index (Phi) is 11.5. The molecule has 2 rings (SSSR count). The molecule has 0 heterocycles. The first-order valence-corrected chi connectivity index (χ1v) is 9.28. The van der Waals surface area contributed by atoms with Gasteiger partial charge in [0.15, 0.2) is 17.5 Å². The van der Waals surface area contributed by atoms with Crippen LogP contribution in [0, 0.1) is 11.3 Å². The standard InChI is InChI=1S/C21H24F2N4O2.HI/c1-3-25-21(26-13-16-10-8-15(12-24)9-11-16)27-14-17-6-5-7-18(28-4-2)19(17)29-20(22)23;/h5-11,20H,3-4,13-14H2,1-2H3,(H2,25,26,27);1H. The number of hydrogen-bond acceptors (Lipinski definition) is 4. The first-order chi connectivity index (χ1) is 14.1. The first-order valence-electron chi connectivity index (χ1n) is 9.28. The van der Waals surface area contributed by atoms with Gasteiger partial charge in [-0.3, -0.25) is 0 Å². The van der Waals surface area contributed by atoms with Crippen molar-refractivity contribution in [1.29, 1.82) is 5.26 Å². The molecule has 6 nitrogen and oxygen atoms in total. The summed E-state index contributed by atoms with van der Waals surface area (Å²) in [5.74, 6) is 0.813. The lowest BCUT2D eigenvalue weighted by molar-refractivity contribution is -0.0520. The molecule has 2 N–H and O–H groups in total. The number of para-hydroxylation sites is 1. The van der Waals surface area contributed by atoms with Gasteiger partial charge in [-0.15, -0.1) is 24.0 Å². The summed E-state index contributed by atoms with van der Waals surface area (Å²) < 4.78 is 35.8. The van der Waals surface area contributed by atoms with Crippen LogP contribution in [0.4, 0.5) is 8.78 Å². The van der Waals surface area contributed by atoms with Crippen LogP contribution in [0.25, 0.3) is 0 Å². The predicted molar refractivity (Wildman–Crippen MR) is 122 cm³/mol. The van der Waals surface area contributed by atoms with Crippen molar-refractivity contribution in [1.82, 2.24) is 10.6 Å². The maximum atomic E-state index is 12.8. The average Bonchev–Trinajstić information content (AvgIpc) is 2.72. The monoisotopic (exact) mass is 530 g/mol. The van der Waals surface area contributed by atoms with E-state index in [0.717, 1.165) is 5.56 Å². The Morgan fingerprint density at radius 3 is 2.47 bits per heavy atom. The van der Waals surface area contributed by atoms with Gasteiger partial charge in [0.05, 0.1) is 24.8 Å². The van der Waals surface area contributed by atoms with Crippen molar-refractivity contribution in [2.45, 2.75) is 33.5 Å². The van der Waals surface area contributed by atoms with Crippen molar-refractivity contribution in [2.24, 2.45) is 4.99 Å². The van der Waals surface area contributed by atoms with Crippen LogP contribution in [0.5, 0.6) is 11.5 Å². The summed E-state index contributed by atoms with van der Waals surface area (Å²) in [6, 6.07) is 14.2. The van der Waals surface area contributed by atoms with Gasteiger partial charge < -0.3 is 20.1 Å². The molecule has 0 atom stereocenters. The van der Waals surface area contributed by atoms with Crippen molar-refractivity contribution in [3.8, 4) is 17.6 Å². The fraction of sp³-hybridized carbons (Fsp3) is 0.333. The number of nitrogens with zero attached hydrogens (tertiary/aromatic N) is 2. The van der Waals surface area contributed by atoms with Gasteiger partial charge in [0.25, 0.3) is 0 Å². The second-order valence-corrected chi connectivity index (χ2v) is 5.91. The van der Waals surface area contributed by atoms with Gasteiger partial charge in [-0.2, -0.15) is 14.0 Å². The molecule has 0 radical (unpaired) electrons. The van der Waals surface area contributed by atoms with E-state index in [2.05, 4.69) is 26.4 Å². The van der Waals surface area contributed by atoms with E-state index in [1.807, 2.05) is 19.1 Å². The van der Waals surface area contributed by atoms with Crippen LogP contribution in [0.3, 0.4) is 0 Å². The Hall–Kier alpha value is -2.61. The number of hydrogen-bond donors (Lipinski definition) is 2. The van der Waals surface area contributed by atoms with Gasteiger partial charge in [0, 0.05) is 18.7 Å². The van der Waals surface area contributed by atoms with Gasteiger partial charge in [-0.05, 0) is 37.6 Å². The van der Waals surface area contributed by atoms with E-state index in [-0.39, 0.29) is 42.0 Å². The molecule has 2 aromatic carbocycles. The quantitative estimate of drug-likeness (QED) is 0.285. The molecular formula is C21H25F2IN4O2. The third kappa shape index (κ3) is 8.02. The molecule has 0 fully saturated rings. The predicted octanol–water partition coefficient (Wildman–Crippen LogP) is 4.43. The number of ether oxygens (including phenoxy) is 2. The van der Waals surface area contributed by atoms with E-state index >= 15 is 0 Å². The highest BCUT2D eigenvalue weighted by molar-refractivity contribution is 14.0. The minimum absolute atomic E-state index is 0. The van der Waals surface area contributed by atoms with E-state index < -0.39 is 6.61 Å². The third-order valence-electron chi connectivity index (χ3n) is 3.86. The molecule has 0 bridgehead atoms. The third-order valence-corrected chi connectivity index (χ3v) is 3.86. The summed E-state index contributed by atoms with van der Waals surface area (Å²) in [5.41, 5.74) is 2.06. The van der Waals surface area contributed by atoms with Crippen LogP contribution in [0.1, 0.15) is 30.5 Å². The summed E-state index contributed by atoms with van der Waals surface area (Å²) in [7, 11) is 0. The van der Waals surface area contributed by atoms with Crippen LogP contribution in [-0.2, 0) is 13.1 Å². The summed E-state index contributed by atoms with van der Waals surface area (Å²) in [5, 5.41) is 15.1. The highest BCUT2D eigenvalue weighted by atomic mass is 127. The molecule has 162 valence electrons. The van der Waals surface area contributed by atoms with Gasteiger partial charge in [-0.25, -0.2) is 4.99 Å². The fourth-order valence-electron chi connectivity index (χ4n) is 2.57. The van der Waals surface area contributed by atoms with Crippen LogP contribution >= 0.6 is 24.0 Å². The molecule has 0 aliphatic rings. The summed E-state index contributed by atoms with van der Waals surface area (Å²) in [6.45, 7) is 2.36. The van der Waals surface area contributed by atoms with E-state index in [9.17, 15) is 8.78 Å². The van der Waals surface area contributed by atoms with E-state index in [1.165, 1.54) is 0 Å². The van der Waals surface area contributed by atoms with Crippen LogP contribution in [-0.4, -0.2) is 25.7 Å². The molecule has 9 heteroatoms. The smallest absolute Gasteiger partial charge is 0.387 e. The lowest BCUT2D eigenvalue weighted by Gasteiger charge is -2.17. The number of guanidine groups is 1. The number of benzene rings is 2. The van der Waals surface area contributed by atoms with Crippen molar-refractivity contribution in [3.63, 3.8) is 0 Å². The Labute approximate surface area is 192 Å². The number of alkyl halides is 2. The lowest BCUT2D eigenvalue weighted by Crippen LogP contribution is -2.36. The Bertz CT molecular complexity index is 855. The average molecular weight is 530 g/mol. The van der Waals surface area contributed by atoms with Crippen molar-refractivity contribution in [3.05, 3.63) is 59.2 Å². The zero-order chi connectivity index (χ0) is 21.1. The first kappa shape index (κ1) is 25.4. The summed E-state index contributed by atoms with van der Waals surface area (Å²) in [4.78, 5) is 4.49. The molecule has 0 aromatic heterocycles. The molecule has 0 aliphatic carbocycles. The Morgan fingerprint density at radius 1 is 1.13 bits per heavy atom. The number of nitriles is 1. The van der Waals surface area contributed by atoms with E-state index in [4.69, 9.17) is 10.00 Å². The number of aliphatic imine (C=N–C) groups is 1. The highest BCUT2D eigenvalue weighted by Crippen LogP contribution is 2.32. The zero-order valence-corrected chi connectivity index (χ0v) is 19.2. The normalized spacial score (nSPS) is 10.7. The van der Waals surface area contributed by atoms with Crippen LogP contribution in [0.15, 0.2) is 47.5 Å². The second-order valence-electron chi connectivity index (χ2n) is 5.91. The molecule has 0 saturated carbocycles. The topological polar surface area (TPSA) is 78.7 Å². The van der Waals surface area contributed by atoms with Crippen molar-refractivity contribution < 1.29 is 18.3 Å². The molecule has 0 unspecified atom stereocenters. The number of halogens is 3. The maximum absolute atomic E-state index is 12.8. The van der Waals surface area contributed by atoms with Crippen molar-refractivity contribution >= 4 is 29.9 Å². The summed E-state index contributed by atoms with van der Waals surface area (Å²) in [6.07, 6.45) is 0. The lowest BCUT2D eigenvalue weighted by atomic mass is 10.1. The fourth-order valence-corrected chi connectivity index (χ4v) is 2.57. The van der Waals surface area contributed by atoms with Crippen LogP contribution in [0.2, 0.25) is 0 Å². The molecule has 0 saturated heterocycles. The highest BCUT2D eigenvalue weighted by Gasteiger charge is 2.16. The SMILES string of the molecule is CCNC(=NCc1ccc(C#N)cc1)NCc1cccc(OCC)c1OC(F)F.I. The molecule has 0 spiro atoms. The molecule has 0 aliphatic heterocycles. The van der Waals surface area contributed by atoms with Gasteiger partial charge in [0.2, 0.25) is 0 Å². The minimum atomic E-state index is -2.95. The van der Waals surface area contributed by atoms with Gasteiger partial charge in [0.1, 0.15) is 0 Å². The van der Waals surface area contributed by atoms with E-state index in [1.54, 1.807) is 37.3 Å². The Balaban J connectivity index is 0.00000450. The Morgan fingerprint density at radius 2 is 1.87 bits per heavy atom. The largest absolute Gasteiger partial charge is 0.490 e. The number of nitrogens with one attached hydrogen (secondary N) is 2. The summed E-state index contributed by atoms with van der Waals surface area (Å²) >= 11 is 0. The van der Waals surface area contributed by atoms with Gasteiger partial charge in [-0.1, -0.05) is 24.3 Å².